The lowest BCUT2D eigenvalue weighted by molar-refractivity contribution is 1.10. The molecule has 0 radical (unpaired) electrons. The summed E-state index contributed by atoms with van der Waals surface area (Å²) >= 11 is 1.79. The number of fused-ring (bicyclic) bond motifs is 2. The van der Waals surface area contributed by atoms with Crippen molar-refractivity contribution in [3.8, 4) is 11.4 Å². The Morgan fingerprint density at radius 2 is 1.72 bits per heavy atom. The van der Waals surface area contributed by atoms with Crippen LogP contribution in [0.25, 0.3) is 32.5 Å². The van der Waals surface area contributed by atoms with Crippen molar-refractivity contribution in [3.05, 3.63) is 66.2 Å². The molecule has 0 saturated heterocycles. The van der Waals surface area contributed by atoms with Crippen LogP contribution < -0.4 is 5.32 Å². The van der Waals surface area contributed by atoms with E-state index in [1.54, 1.807) is 36.1 Å². The van der Waals surface area contributed by atoms with E-state index in [9.17, 15) is 0 Å². The maximum absolute atomic E-state index is 4.79. The SMILES string of the molecule is c1cc(-c2nc(Nc3ccc4nc(C5CC5)sc4c3)c3cnccc3n2)ccn1. The zero-order valence-electron chi connectivity index (χ0n) is 15.4. The van der Waals surface area contributed by atoms with E-state index in [1.165, 1.54) is 22.5 Å². The number of pyridine rings is 2. The van der Waals surface area contributed by atoms with Crippen LogP contribution in [-0.2, 0) is 0 Å². The minimum Gasteiger partial charge on any atom is -0.340 e. The van der Waals surface area contributed by atoms with Gasteiger partial charge in [-0.2, -0.15) is 0 Å². The van der Waals surface area contributed by atoms with Crippen LogP contribution in [0.15, 0.2) is 61.2 Å². The van der Waals surface area contributed by atoms with Gasteiger partial charge < -0.3 is 5.32 Å². The van der Waals surface area contributed by atoms with Gasteiger partial charge in [-0.25, -0.2) is 15.0 Å². The molecule has 7 heteroatoms. The summed E-state index contributed by atoms with van der Waals surface area (Å²) in [5, 5.41) is 5.62. The number of aromatic nitrogens is 5. The molecule has 0 amide bonds. The highest BCUT2D eigenvalue weighted by Crippen LogP contribution is 2.43. The number of benzene rings is 1. The van der Waals surface area contributed by atoms with Crippen LogP contribution in [0.5, 0.6) is 0 Å². The molecule has 0 bridgehead atoms. The van der Waals surface area contributed by atoms with Crippen molar-refractivity contribution < 1.29 is 0 Å². The summed E-state index contributed by atoms with van der Waals surface area (Å²) in [5.74, 6) is 2.06. The van der Waals surface area contributed by atoms with Gasteiger partial charge in [0.2, 0.25) is 0 Å². The second-order valence-electron chi connectivity index (χ2n) is 7.16. The third-order valence-corrected chi connectivity index (χ3v) is 6.21. The van der Waals surface area contributed by atoms with Crippen molar-refractivity contribution in [2.24, 2.45) is 0 Å². The number of hydrogen-bond donors (Lipinski definition) is 1. The topological polar surface area (TPSA) is 76.5 Å². The van der Waals surface area contributed by atoms with Crippen molar-refractivity contribution >= 4 is 44.0 Å². The first-order valence-corrected chi connectivity index (χ1v) is 10.3. The Morgan fingerprint density at radius 3 is 2.59 bits per heavy atom. The van der Waals surface area contributed by atoms with E-state index in [1.807, 2.05) is 18.2 Å². The Morgan fingerprint density at radius 1 is 0.862 bits per heavy atom. The molecular formula is C22H16N6S. The summed E-state index contributed by atoms with van der Waals surface area (Å²) in [6, 6.07) is 12.0. The van der Waals surface area contributed by atoms with E-state index in [0.717, 1.165) is 33.5 Å². The number of anilines is 2. The fraction of sp³-hybridized carbons (Fsp3) is 0.136. The standard InChI is InChI=1S/C22H16N6S/c1-2-14(1)22-27-18-4-3-15(11-19(18)29-22)25-21-16-12-24-10-7-17(16)26-20(28-21)13-5-8-23-9-6-13/h3-12,14H,1-2H2,(H,25,26,28). The van der Waals surface area contributed by atoms with Gasteiger partial charge in [-0.05, 0) is 49.2 Å². The lowest BCUT2D eigenvalue weighted by atomic mass is 10.2. The zero-order chi connectivity index (χ0) is 19.2. The summed E-state index contributed by atoms with van der Waals surface area (Å²) in [7, 11) is 0. The zero-order valence-corrected chi connectivity index (χ0v) is 16.2. The predicted molar refractivity (Wildman–Crippen MR) is 115 cm³/mol. The molecule has 6 nitrogen and oxygen atoms in total. The van der Waals surface area contributed by atoms with Gasteiger partial charge in [-0.3, -0.25) is 9.97 Å². The Hall–Kier alpha value is -3.45. The average Bonchev–Trinajstić information content (AvgIpc) is 3.53. The van der Waals surface area contributed by atoms with Crippen LogP contribution in [-0.4, -0.2) is 24.9 Å². The fourth-order valence-electron chi connectivity index (χ4n) is 3.36. The number of hydrogen-bond acceptors (Lipinski definition) is 7. The lowest BCUT2D eigenvalue weighted by Gasteiger charge is -2.11. The third kappa shape index (κ3) is 3.09. The molecule has 4 aromatic heterocycles. The second-order valence-corrected chi connectivity index (χ2v) is 8.22. The van der Waals surface area contributed by atoms with Gasteiger partial charge >= 0.3 is 0 Å². The monoisotopic (exact) mass is 396 g/mol. The van der Waals surface area contributed by atoms with Gasteiger partial charge in [0.1, 0.15) is 5.82 Å². The largest absolute Gasteiger partial charge is 0.340 e. The third-order valence-electron chi connectivity index (χ3n) is 5.03. The first-order chi connectivity index (χ1) is 14.3. The van der Waals surface area contributed by atoms with Crippen molar-refractivity contribution in [2.45, 2.75) is 18.8 Å². The van der Waals surface area contributed by atoms with Gasteiger partial charge in [-0.1, -0.05) is 0 Å². The number of nitrogens with zero attached hydrogens (tertiary/aromatic N) is 5. The molecular weight excluding hydrogens is 380 g/mol. The number of nitrogens with one attached hydrogen (secondary N) is 1. The summed E-state index contributed by atoms with van der Waals surface area (Å²) in [5.41, 5.74) is 3.81. The molecule has 1 aliphatic carbocycles. The molecule has 4 heterocycles. The van der Waals surface area contributed by atoms with Crippen LogP contribution in [0.1, 0.15) is 23.8 Å². The maximum atomic E-state index is 4.79. The van der Waals surface area contributed by atoms with Crippen LogP contribution in [0.3, 0.4) is 0 Å². The second kappa shape index (κ2) is 6.56. The van der Waals surface area contributed by atoms with E-state index in [4.69, 9.17) is 15.0 Å². The first kappa shape index (κ1) is 16.5. The van der Waals surface area contributed by atoms with Gasteiger partial charge in [0, 0.05) is 42.0 Å². The molecule has 1 aliphatic rings. The Bertz CT molecular complexity index is 1340. The molecule has 1 N–H and O–H groups in total. The van der Waals surface area contributed by atoms with Crippen molar-refractivity contribution in [2.75, 3.05) is 5.32 Å². The van der Waals surface area contributed by atoms with E-state index >= 15 is 0 Å². The molecule has 0 aliphatic heterocycles. The van der Waals surface area contributed by atoms with E-state index < -0.39 is 0 Å². The molecule has 1 aromatic carbocycles. The highest BCUT2D eigenvalue weighted by Gasteiger charge is 2.27. The van der Waals surface area contributed by atoms with Crippen LogP contribution >= 0.6 is 11.3 Å². The highest BCUT2D eigenvalue weighted by molar-refractivity contribution is 7.18. The van der Waals surface area contributed by atoms with Gasteiger partial charge in [-0.15, -0.1) is 11.3 Å². The molecule has 0 atom stereocenters. The van der Waals surface area contributed by atoms with Gasteiger partial charge in [0.25, 0.3) is 0 Å². The van der Waals surface area contributed by atoms with Crippen LogP contribution in [0, 0.1) is 0 Å². The van der Waals surface area contributed by atoms with Gasteiger partial charge in [0.05, 0.1) is 26.1 Å². The maximum Gasteiger partial charge on any atom is 0.162 e. The summed E-state index contributed by atoms with van der Waals surface area (Å²) in [6.45, 7) is 0. The van der Waals surface area contributed by atoms with Gasteiger partial charge in [0.15, 0.2) is 5.82 Å². The molecule has 29 heavy (non-hydrogen) atoms. The number of thiazole rings is 1. The minimum absolute atomic E-state index is 0.656. The average molecular weight is 396 g/mol. The number of rotatable bonds is 4. The van der Waals surface area contributed by atoms with E-state index in [2.05, 4.69) is 33.5 Å². The lowest BCUT2D eigenvalue weighted by Crippen LogP contribution is -1.99. The predicted octanol–water partition coefficient (Wildman–Crippen LogP) is 5.32. The summed E-state index contributed by atoms with van der Waals surface area (Å²) in [4.78, 5) is 22.6. The molecule has 1 fully saturated rings. The van der Waals surface area contributed by atoms with Crippen LogP contribution in [0.2, 0.25) is 0 Å². The Kier molecular flexibility index (Phi) is 3.73. The summed E-state index contributed by atoms with van der Waals surface area (Å²) in [6.07, 6.45) is 9.57. The molecule has 0 spiro atoms. The molecule has 0 unspecified atom stereocenters. The highest BCUT2D eigenvalue weighted by atomic mass is 32.1. The smallest absolute Gasteiger partial charge is 0.162 e. The molecule has 5 aromatic rings. The first-order valence-electron chi connectivity index (χ1n) is 9.53. The van der Waals surface area contributed by atoms with E-state index in [0.29, 0.717) is 11.7 Å². The Balaban J connectivity index is 1.44. The molecule has 1 saturated carbocycles. The minimum atomic E-state index is 0.656. The van der Waals surface area contributed by atoms with Crippen molar-refractivity contribution in [1.82, 2.24) is 24.9 Å². The summed E-state index contributed by atoms with van der Waals surface area (Å²) < 4.78 is 1.20. The van der Waals surface area contributed by atoms with Crippen LogP contribution in [0.4, 0.5) is 11.5 Å². The fourth-order valence-corrected chi connectivity index (χ4v) is 4.54. The Labute approximate surface area is 170 Å². The van der Waals surface area contributed by atoms with Crippen molar-refractivity contribution in [1.29, 1.82) is 0 Å². The van der Waals surface area contributed by atoms with E-state index in [-0.39, 0.29) is 0 Å². The normalized spacial score (nSPS) is 13.8. The van der Waals surface area contributed by atoms with Crippen molar-refractivity contribution in [3.63, 3.8) is 0 Å². The quantitative estimate of drug-likeness (QED) is 0.443. The molecule has 140 valence electrons. The molecule has 6 rings (SSSR count).